The van der Waals surface area contributed by atoms with E-state index in [0.29, 0.717) is 22.9 Å². The van der Waals surface area contributed by atoms with Crippen LogP contribution in [-0.2, 0) is 16.1 Å². The van der Waals surface area contributed by atoms with Gasteiger partial charge in [0.05, 0.1) is 11.3 Å². The van der Waals surface area contributed by atoms with Crippen LogP contribution in [0.25, 0.3) is 0 Å². The van der Waals surface area contributed by atoms with E-state index in [9.17, 15) is 14.4 Å². The summed E-state index contributed by atoms with van der Waals surface area (Å²) in [6.07, 6.45) is 3.05. The Morgan fingerprint density at radius 1 is 1.03 bits per heavy atom. The Balaban J connectivity index is 1.24. The second kappa shape index (κ2) is 11.3. The molecule has 0 aliphatic carbocycles. The van der Waals surface area contributed by atoms with E-state index in [1.165, 1.54) is 0 Å². The summed E-state index contributed by atoms with van der Waals surface area (Å²) in [6, 6.07) is 5.47. The highest BCUT2D eigenvalue weighted by molar-refractivity contribution is 7.80. The first-order valence-electron chi connectivity index (χ1n) is 13.4. The predicted molar refractivity (Wildman–Crippen MR) is 147 cm³/mol. The van der Waals surface area contributed by atoms with Crippen molar-refractivity contribution in [3.63, 3.8) is 0 Å². The van der Waals surface area contributed by atoms with Crippen molar-refractivity contribution in [3.05, 3.63) is 29.3 Å². The number of fused-ring (bicyclic) bond motifs is 1. The molecule has 37 heavy (non-hydrogen) atoms. The molecular weight excluding hydrogens is 490 g/mol. The van der Waals surface area contributed by atoms with E-state index in [-0.39, 0.29) is 24.5 Å². The fourth-order valence-corrected chi connectivity index (χ4v) is 5.84. The van der Waals surface area contributed by atoms with Crippen LogP contribution in [0.2, 0.25) is 0 Å². The Morgan fingerprint density at radius 2 is 1.70 bits per heavy atom. The number of thiocarbonyl (C=S) groups is 1. The minimum absolute atomic E-state index is 0.0557. The molecule has 10 heteroatoms. The summed E-state index contributed by atoms with van der Waals surface area (Å²) in [7, 11) is 0. The molecule has 0 radical (unpaired) electrons. The van der Waals surface area contributed by atoms with Gasteiger partial charge in [-0.1, -0.05) is 6.42 Å². The number of benzene rings is 1. The average molecular weight is 530 g/mol. The lowest BCUT2D eigenvalue weighted by Gasteiger charge is -2.37. The van der Waals surface area contributed by atoms with Gasteiger partial charge in [0.2, 0.25) is 0 Å². The minimum Gasteiger partial charge on any atom is -0.457 e. The summed E-state index contributed by atoms with van der Waals surface area (Å²) in [5.41, 5.74) is 1.29. The van der Waals surface area contributed by atoms with Gasteiger partial charge in [-0.2, -0.15) is 0 Å². The van der Waals surface area contributed by atoms with Crippen LogP contribution in [-0.4, -0.2) is 101 Å². The molecule has 3 aliphatic heterocycles. The molecule has 0 N–H and O–H groups in total. The highest BCUT2D eigenvalue weighted by atomic mass is 32.1. The molecule has 3 aliphatic rings. The number of esters is 1. The van der Waals surface area contributed by atoms with Gasteiger partial charge in [-0.25, -0.2) is 9.59 Å². The van der Waals surface area contributed by atoms with Crippen molar-refractivity contribution < 1.29 is 19.1 Å². The zero-order valence-electron chi connectivity index (χ0n) is 22.5. The lowest BCUT2D eigenvalue weighted by molar-refractivity contribution is -0.123. The normalized spacial score (nSPS) is 19.5. The third-order valence-electron chi connectivity index (χ3n) is 7.78. The van der Waals surface area contributed by atoms with Crippen molar-refractivity contribution in [1.82, 2.24) is 19.6 Å². The van der Waals surface area contributed by atoms with Crippen LogP contribution in [0.5, 0.6) is 0 Å². The first-order valence-corrected chi connectivity index (χ1v) is 13.8. The lowest BCUT2D eigenvalue weighted by Crippen LogP contribution is -2.52. The van der Waals surface area contributed by atoms with E-state index in [2.05, 4.69) is 4.90 Å². The summed E-state index contributed by atoms with van der Waals surface area (Å²) in [5.74, 6) is -0.381. The van der Waals surface area contributed by atoms with E-state index in [0.717, 1.165) is 70.6 Å². The number of carbonyl (C=O) groups excluding carboxylic acids is 3. The number of rotatable bonds is 9. The second-order valence-corrected chi connectivity index (χ2v) is 10.8. The molecule has 2 fully saturated rings. The number of nitrogens with zero attached hydrogens (tertiary/aromatic N) is 5. The standard InChI is InChI=1S/C27H39N5O4S/c1-5-29(6-2)25(35)30-16-14-28(15-17-30)12-8-7-9-13-31-26(37)32(24(34)27(31,3)4)21-10-11-22-20(18-21)19-36-23(22)33/h10-11,18H,5-9,12-17,19H2,1-4H3. The summed E-state index contributed by atoms with van der Waals surface area (Å²) >= 11 is 5.76. The molecule has 0 aromatic heterocycles. The van der Waals surface area contributed by atoms with Crippen molar-refractivity contribution in [2.75, 3.05) is 57.3 Å². The molecule has 0 unspecified atom stereocenters. The number of anilines is 1. The monoisotopic (exact) mass is 529 g/mol. The van der Waals surface area contributed by atoms with Gasteiger partial charge < -0.3 is 19.4 Å². The Labute approximate surface area is 225 Å². The number of cyclic esters (lactones) is 1. The Kier molecular flexibility index (Phi) is 8.38. The van der Waals surface area contributed by atoms with Gasteiger partial charge in [-0.3, -0.25) is 14.6 Å². The summed E-state index contributed by atoms with van der Waals surface area (Å²) in [6.45, 7) is 14.7. The molecule has 1 aromatic carbocycles. The number of urea groups is 1. The zero-order chi connectivity index (χ0) is 26.7. The van der Waals surface area contributed by atoms with E-state index in [1.807, 2.05) is 48.5 Å². The third-order valence-corrected chi connectivity index (χ3v) is 8.18. The van der Waals surface area contributed by atoms with Gasteiger partial charge in [0.25, 0.3) is 5.91 Å². The van der Waals surface area contributed by atoms with Crippen LogP contribution in [0.4, 0.5) is 10.5 Å². The molecule has 0 bridgehead atoms. The van der Waals surface area contributed by atoms with Crippen LogP contribution >= 0.6 is 12.2 Å². The molecule has 1 aromatic rings. The molecule has 202 valence electrons. The number of hydrogen-bond donors (Lipinski definition) is 0. The maximum Gasteiger partial charge on any atom is 0.338 e. The number of ether oxygens (including phenoxy) is 1. The quantitative estimate of drug-likeness (QED) is 0.276. The molecule has 3 amide bonds. The third kappa shape index (κ3) is 5.45. The van der Waals surface area contributed by atoms with E-state index >= 15 is 0 Å². The van der Waals surface area contributed by atoms with Gasteiger partial charge in [0.1, 0.15) is 12.1 Å². The van der Waals surface area contributed by atoms with Gasteiger partial charge in [-0.05, 0) is 77.5 Å². The molecule has 4 rings (SSSR count). The summed E-state index contributed by atoms with van der Waals surface area (Å²) < 4.78 is 5.10. The highest BCUT2D eigenvalue weighted by Gasteiger charge is 2.49. The van der Waals surface area contributed by atoms with E-state index < -0.39 is 5.54 Å². The SMILES string of the molecule is CCN(CC)C(=O)N1CCN(CCCCCN2C(=S)N(c3ccc4c(c3)COC4=O)C(=O)C2(C)C)CC1. The fraction of sp³-hybridized carbons (Fsp3) is 0.630. The van der Waals surface area contributed by atoms with Gasteiger partial charge >= 0.3 is 12.0 Å². The topological polar surface area (TPSA) is 76.6 Å². The minimum atomic E-state index is -0.726. The Morgan fingerprint density at radius 3 is 2.38 bits per heavy atom. The molecule has 0 spiro atoms. The maximum atomic E-state index is 13.3. The number of hydrogen-bond acceptors (Lipinski definition) is 6. The van der Waals surface area contributed by atoms with Crippen molar-refractivity contribution in [2.45, 2.75) is 59.1 Å². The van der Waals surface area contributed by atoms with Crippen LogP contribution in [0.1, 0.15) is 62.9 Å². The smallest absolute Gasteiger partial charge is 0.338 e. The summed E-state index contributed by atoms with van der Waals surface area (Å²) in [4.78, 5) is 47.6. The molecular formula is C27H39N5O4S. The van der Waals surface area contributed by atoms with Crippen molar-refractivity contribution in [1.29, 1.82) is 0 Å². The second-order valence-electron chi connectivity index (χ2n) is 10.4. The van der Waals surface area contributed by atoms with Gasteiger partial charge in [0, 0.05) is 51.4 Å². The first-order chi connectivity index (χ1) is 17.7. The first kappa shape index (κ1) is 27.3. The average Bonchev–Trinajstić information content (AvgIpc) is 3.33. The van der Waals surface area contributed by atoms with Gasteiger partial charge in [0.15, 0.2) is 5.11 Å². The fourth-order valence-electron chi connectivity index (χ4n) is 5.34. The van der Waals surface area contributed by atoms with Crippen molar-refractivity contribution in [2.24, 2.45) is 0 Å². The van der Waals surface area contributed by atoms with Crippen LogP contribution in [0, 0.1) is 0 Å². The zero-order valence-corrected chi connectivity index (χ0v) is 23.3. The number of unbranched alkanes of at least 4 members (excludes halogenated alkanes) is 2. The van der Waals surface area contributed by atoms with Crippen LogP contribution in [0.3, 0.4) is 0 Å². The Bertz CT molecular complexity index is 1050. The number of amides is 3. The molecule has 0 atom stereocenters. The van der Waals surface area contributed by atoms with E-state index in [1.54, 1.807) is 17.0 Å². The predicted octanol–water partition coefficient (Wildman–Crippen LogP) is 3.32. The van der Waals surface area contributed by atoms with Crippen molar-refractivity contribution >= 4 is 40.9 Å². The Hall–Kier alpha value is -2.72. The van der Waals surface area contributed by atoms with Crippen molar-refractivity contribution in [3.8, 4) is 0 Å². The molecule has 3 heterocycles. The van der Waals surface area contributed by atoms with Crippen LogP contribution in [0.15, 0.2) is 18.2 Å². The summed E-state index contributed by atoms with van der Waals surface area (Å²) in [5, 5.41) is 0.509. The number of carbonyl (C=O) groups is 3. The van der Waals surface area contributed by atoms with Gasteiger partial charge in [-0.15, -0.1) is 0 Å². The highest BCUT2D eigenvalue weighted by Crippen LogP contribution is 2.34. The maximum absolute atomic E-state index is 13.3. The lowest BCUT2D eigenvalue weighted by atomic mass is 10.0. The number of piperazine rings is 1. The van der Waals surface area contributed by atoms with Crippen LogP contribution < -0.4 is 4.90 Å². The molecule has 9 nitrogen and oxygen atoms in total. The molecule has 0 saturated carbocycles. The largest absolute Gasteiger partial charge is 0.457 e. The molecule has 2 saturated heterocycles. The van der Waals surface area contributed by atoms with E-state index in [4.69, 9.17) is 17.0 Å².